The van der Waals surface area contributed by atoms with E-state index in [0.29, 0.717) is 18.9 Å². The Kier molecular flexibility index (Phi) is 6.14. The fourth-order valence-electron chi connectivity index (χ4n) is 4.05. The van der Waals surface area contributed by atoms with Gasteiger partial charge >= 0.3 is 0 Å². The van der Waals surface area contributed by atoms with Crippen molar-refractivity contribution >= 4 is 17.5 Å². The minimum Gasteiger partial charge on any atom is -0.368 e. The lowest BCUT2D eigenvalue weighted by atomic mass is 10.00. The lowest BCUT2D eigenvalue weighted by molar-refractivity contribution is -0.129. The summed E-state index contributed by atoms with van der Waals surface area (Å²) in [5.74, 6) is 0.545. The van der Waals surface area contributed by atoms with Gasteiger partial charge in [-0.1, -0.05) is 24.6 Å². The number of benzene rings is 1. The Balaban J connectivity index is 1.56. The number of carbonyl (C=O) groups excluding carboxylic acids is 2. The third kappa shape index (κ3) is 4.55. The van der Waals surface area contributed by atoms with Crippen LogP contribution < -0.4 is 16.0 Å². The summed E-state index contributed by atoms with van der Waals surface area (Å²) in [4.78, 5) is 28.0. The van der Waals surface area contributed by atoms with Gasteiger partial charge in [-0.25, -0.2) is 0 Å². The highest BCUT2D eigenvalue weighted by atomic mass is 16.2. The maximum Gasteiger partial charge on any atom is 0.220 e. The highest BCUT2D eigenvalue weighted by Gasteiger charge is 2.26. The second-order valence-electron chi connectivity index (χ2n) is 7.46. The van der Waals surface area contributed by atoms with Gasteiger partial charge in [-0.2, -0.15) is 0 Å². The van der Waals surface area contributed by atoms with E-state index in [1.165, 1.54) is 0 Å². The van der Waals surface area contributed by atoms with Crippen molar-refractivity contribution in [2.75, 3.05) is 31.1 Å². The first-order valence-electron chi connectivity index (χ1n) is 9.65. The minimum absolute atomic E-state index is 0.0866. The van der Waals surface area contributed by atoms with Gasteiger partial charge in [0, 0.05) is 57.8 Å². The average Bonchev–Trinajstić information content (AvgIpc) is 3.05. The molecule has 2 fully saturated rings. The molecule has 2 atom stereocenters. The lowest BCUT2D eigenvalue weighted by Gasteiger charge is -2.36. The van der Waals surface area contributed by atoms with Crippen LogP contribution in [0.1, 0.15) is 38.2 Å². The molecule has 1 aliphatic carbocycles. The van der Waals surface area contributed by atoms with Gasteiger partial charge in [-0.15, -0.1) is 0 Å². The fourth-order valence-corrected chi connectivity index (χ4v) is 4.05. The van der Waals surface area contributed by atoms with Crippen molar-refractivity contribution in [3.05, 3.63) is 29.8 Å². The molecule has 1 aromatic rings. The summed E-state index contributed by atoms with van der Waals surface area (Å²) < 4.78 is 0. The van der Waals surface area contributed by atoms with E-state index in [1.54, 1.807) is 6.92 Å². The third-order valence-corrected chi connectivity index (χ3v) is 5.70. The smallest absolute Gasteiger partial charge is 0.220 e. The molecule has 0 radical (unpaired) electrons. The van der Waals surface area contributed by atoms with Crippen LogP contribution in [0.5, 0.6) is 0 Å². The summed E-state index contributed by atoms with van der Waals surface area (Å²) in [5, 5.41) is 3.07. The summed E-state index contributed by atoms with van der Waals surface area (Å²) in [6.07, 6.45) is 3.76. The Morgan fingerprint density at radius 2 is 1.88 bits per heavy atom. The Morgan fingerprint density at radius 1 is 1.15 bits per heavy atom. The van der Waals surface area contributed by atoms with E-state index < -0.39 is 0 Å². The largest absolute Gasteiger partial charge is 0.368 e. The monoisotopic (exact) mass is 358 g/mol. The van der Waals surface area contributed by atoms with Crippen LogP contribution in [0.15, 0.2) is 24.3 Å². The van der Waals surface area contributed by atoms with Crippen LogP contribution in [0.2, 0.25) is 0 Å². The second-order valence-corrected chi connectivity index (χ2v) is 7.46. The number of piperazine rings is 1. The summed E-state index contributed by atoms with van der Waals surface area (Å²) in [7, 11) is 0. The zero-order valence-corrected chi connectivity index (χ0v) is 15.6. The standard InChI is InChI=1S/C20H30N4O2/c1-15(25)23-9-11-24(12-10-23)19-8-3-2-5-17(19)14-22-20(26)13-16-6-4-7-18(16)21/h2-3,5,8,16,18H,4,6-7,9-14,21H2,1H3,(H,22,26)/t16-,18+/m0/s1. The second kappa shape index (κ2) is 8.54. The molecule has 0 aromatic heterocycles. The van der Waals surface area contributed by atoms with E-state index >= 15 is 0 Å². The molecule has 2 aliphatic rings. The molecular weight excluding hydrogens is 328 g/mol. The fraction of sp³-hybridized carbons (Fsp3) is 0.600. The Labute approximate surface area is 155 Å². The number of amides is 2. The Hall–Kier alpha value is -2.08. The van der Waals surface area contributed by atoms with Crippen LogP contribution >= 0.6 is 0 Å². The molecule has 1 heterocycles. The first-order chi connectivity index (χ1) is 12.5. The molecule has 1 saturated heterocycles. The van der Waals surface area contributed by atoms with Gasteiger partial charge in [0.05, 0.1) is 0 Å². The predicted molar refractivity (Wildman–Crippen MR) is 103 cm³/mol. The van der Waals surface area contributed by atoms with Crippen molar-refractivity contribution in [2.45, 2.75) is 45.2 Å². The molecule has 6 heteroatoms. The molecule has 0 unspecified atom stereocenters. The quantitative estimate of drug-likeness (QED) is 0.836. The van der Waals surface area contributed by atoms with Crippen LogP contribution in [0.25, 0.3) is 0 Å². The van der Waals surface area contributed by atoms with E-state index in [1.807, 2.05) is 17.0 Å². The van der Waals surface area contributed by atoms with Gasteiger partial charge in [0.2, 0.25) is 11.8 Å². The average molecular weight is 358 g/mol. The van der Waals surface area contributed by atoms with Crippen LogP contribution in [0, 0.1) is 5.92 Å². The van der Waals surface area contributed by atoms with E-state index in [-0.39, 0.29) is 17.9 Å². The number of hydrogen-bond donors (Lipinski definition) is 2. The number of para-hydroxylation sites is 1. The Bertz CT molecular complexity index is 640. The first kappa shape index (κ1) is 18.7. The van der Waals surface area contributed by atoms with Gasteiger partial charge in [0.25, 0.3) is 0 Å². The molecule has 1 aromatic carbocycles. The molecule has 2 amide bonds. The van der Waals surface area contributed by atoms with Crippen molar-refractivity contribution in [3.63, 3.8) is 0 Å². The molecule has 0 bridgehead atoms. The van der Waals surface area contributed by atoms with E-state index in [0.717, 1.165) is 56.7 Å². The van der Waals surface area contributed by atoms with Gasteiger partial charge in [-0.3, -0.25) is 9.59 Å². The third-order valence-electron chi connectivity index (χ3n) is 5.70. The molecule has 26 heavy (non-hydrogen) atoms. The van der Waals surface area contributed by atoms with Crippen LogP contribution in [-0.4, -0.2) is 48.9 Å². The van der Waals surface area contributed by atoms with Gasteiger partial charge < -0.3 is 20.9 Å². The number of carbonyl (C=O) groups is 2. The van der Waals surface area contributed by atoms with E-state index in [2.05, 4.69) is 22.3 Å². The summed E-state index contributed by atoms with van der Waals surface area (Å²) in [6, 6.07) is 8.36. The van der Waals surface area contributed by atoms with Crippen LogP contribution in [0.3, 0.4) is 0 Å². The number of anilines is 1. The van der Waals surface area contributed by atoms with Crippen LogP contribution in [-0.2, 0) is 16.1 Å². The first-order valence-corrected chi connectivity index (χ1v) is 9.65. The maximum absolute atomic E-state index is 12.3. The lowest BCUT2D eigenvalue weighted by Crippen LogP contribution is -2.48. The number of nitrogens with one attached hydrogen (secondary N) is 1. The zero-order chi connectivity index (χ0) is 18.5. The number of rotatable bonds is 5. The number of nitrogens with two attached hydrogens (primary N) is 1. The van der Waals surface area contributed by atoms with E-state index in [9.17, 15) is 9.59 Å². The molecule has 3 rings (SSSR count). The molecule has 1 aliphatic heterocycles. The molecule has 3 N–H and O–H groups in total. The van der Waals surface area contributed by atoms with Crippen molar-refractivity contribution < 1.29 is 9.59 Å². The topological polar surface area (TPSA) is 78.7 Å². The predicted octanol–water partition coefficient (Wildman–Crippen LogP) is 1.49. The molecule has 142 valence electrons. The van der Waals surface area contributed by atoms with Crippen molar-refractivity contribution in [2.24, 2.45) is 11.7 Å². The number of nitrogens with zero attached hydrogens (tertiary/aromatic N) is 2. The van der Waals surface area contributed by atoms with E-state index in [4.69, 9.17) is 5.73 Å². The van der Waals surface area contributed by atoms with Gasteiger partial charge in [-0.05, 0) is 30.4 Å². The number of hydrogen-bond acceptors (Lipinski definition) is 4. The highest BCUT2D eigenvalue weighted by Crippen LogP contribution is 2.27. The molecule has 6 nitrogen and oxygen atoms in total. The Morgan fingerprint density at radius 3 is 2.54 bits per heavy atom. The summed E-state index contributed by atoms with van der Waals surface area (Å²) in [6.45, 7) is 5.29. The maximum atomic E-state index is 12.3. The summed E-state index contributed by atoms with van der Waals surface area (Å²) in [5.41, 5.74) is 8.34. The highest BCUT2D eigenvalue weighted by molar-refractivity contribution is 5.76. The summed E-state index contributed by atoms with van der Waals surface area (Å²) >= 11 is 0. The molecule has 0 spiro atoms. The van der Waals surface area contributed by atoms with Crippen molar-refractivity contribution in [1.82, 2.24) is 10.2 Å². The molecular formula is C20H30N4O2. The van der Waals surface area contributed by atoms with Crippen LogP contribution in [0.4, 0.5) is 5.69 Å². The van der Waals surface area contributed by atoms with Gasteiger partial charge in [0.15, 0.2) is 0 Å². The van der Waals surface area contributed by atoms with Crippen molar-refractivity contribution in [3.8, 4) is 0 Å². The normalized spacial score (nSPS) is 23.2. The minimum atomic E-state index is 0.0866. The van der Waals surface area contributed by atoms with Crippen molar-refractivity contribution in [1.29, 1.82) is 0 Å². The SMILES string of the molecule is CC(=O)N1CCN(c2ccccc2CNC(=O)C[C@@H]2CCC[C@H]2N)CC1. The van der Waals surface area contributed by atoms with Gasteiger partial charge in [0.1, 0.15) is 0 Å². The molecule has 1 saturated carbocycles. The zero-order valence-electron chi connectivity index (χ0n) is 15.6.